The Morgan fingerprint density at radius 1 is 1.29 bits per heavy atom. The first-order valence-electron chi connectivity index (χ1n) is 6.44. The molecule has 2 nitrogen and oxygen atoms in total. The number of hydrogen-bond donors (Lipinski definition) is 1. The smallest absolute Gasteiger partial charge is 0.182 e. The molecule has 0 heterocycles. The lowest BCUT2D eigenvalue weighted by atomic mass is 9.87. The van der Waals surface area contributed by atoms with Crippen LogP contribution in [0.15, 0.2) is 24.3 Å². The van der Waals surface area contributed by atoms with E-state index in [1.807, 2.05) is 32.0 Å². The van der Waals surface area contributed by atoms with Crippen molar-refractivity contribution in [1.29, 1.82) is 0 Å². The van der Waals surface area contributed by atoms with Crippen molar-refractivity contribution in [1.82, 2.24) is 0 Å². The molecule has 0 aliphatic rings. The predicted octanol–water partition coefficient (Wildman–Crippen LogP) is 3.34. The van der Waals surface area contributed by atoms with Gasteiger partial charge in [0.15, 0.2) is 5.78 Å². The highest BCUT2D eigenvalue weighted by Gasteiger charge is 2.28. The van der Waals surface area contributed by atoms with E-state index in [1.54, 1.807) is 0 Å². The predicted molar refractivity (Wildman–Crippen MR) is 72.3 cm³/mol. The van der Waals surface area contributed by atoms with Gasteiger partial charge in [0.05, 0.1) is 5.54 Å². The lowest BCUT2D eigenvalue weighted by Gasteiger charge is -2.22. The fraction of sp³-hybridized carbons (Fsp3) is 0.533. The lowest BCUT2D eigenvalue weighted by molar-refractivity contribution is 0.0893. The zero-order chi connectivity index (χ0) is 12.9. The second-order valence-electron chi connectivity index (χ2n) is 4.95. The molecule has 0 fully saturated rings. The topological polar surface area (TPSA) is 43.1 Å². The van der Waals surface area contributed by atoms with E-state index in [1.165, 1.54) is 5.56 Å². The van der Waals surface area contributed by atoms with Crippen LogP contribution in [-0.4, -0.2) is 11.3 Å². The number of benzene rings is 1. The monoisotopic (exact) mass is 233 g/mol. The first kappa shape index (κ1) is 13.9. The third-order valence-corrected chi connectivity index (χ3v) is 3.02. The van der Waals surface area contributed by atoms with E-state index >= 15 is 0 Å². The van der Waals surface area contributed by atoms with E-state index in [0.29, 0.717) is 0 Å². The van der Waals surface area contributed by atoms with Gasteiger partial charge in [-0.15, -0.1) is 0 Å². The van der Waals surface area contributed by atoms with Gasteiger partial charge in [-0.3, -0.25) is 4.79 Å². The molecule has 0 aliphatic heterocycles. The van der Waals surface area contributed by atoms with E-state index in [4.69, 9.17) is 5.73 Å². The summed E-state index contributed by atoms with van der Waals surface area (Å²) in [7, 11) is 0. The highest BCUT2D eigenvalue weighted by molar-refractivity contribution is 6.02. The summed E-state index contributed by atoms with van der Waals surface area (Å²) in [5, 5.41) is 0. The number of Topliss-reactive ketones (excluding diaryl/α,β-unsaturated/α-hetero) is 1. The Morgan fingerprint density at radius 2 is 2.00 bits per heavy atom. The Labute approximate surface area is 104 Å². The fourth-order valence-corrected chi connectivity index (χ4v) is 2.12. The molecule has 0 amide bonds. The minimum atomic E-state index is -0.737. The van der Waals surface area contributed by atoms with Crippen LogP contribution >= 0.6 is 0 Å². The molecule has 94 valence electrons. The second-order valence-corrected chi connectivity index (χ2v) is 4.95. The van der Waals surface area contributed by atoms with Gasteiger partial charge in [-0.25, -0.2) is 0 Å². The van der Waals surface area contributed by atoms with Crippen LogP contribution in [-0.2, 0) is 6.42 Å². The van der Waals surface area contributed by atoms with Gasteiger partial charge in [-0.05, 0) is 31.4 Å². The number of rotatable bonds is 6. The Bertz CT molecular complexity index is 382. The van der Waals surface area contributed by atoms with Gasteiger partial charge < -0.3 is 5.73 Å². The van der Waals surface area contributed by atoms with E-state index in [9.17, 15) is 4.79 Å². The van der Waals surface area contributed by atoms with Crippen LogP contribution < -0.4 is 5.73 Å². The molecule has 0 bridgehead atoms. The molecule has 1 rings (SSSR count). The Balaban J connectivity index is 2.92. The molecule has 0 spiro atoms. The molecule has 1 unspecified atom stereocenters. The zero-order valence-electron chi connectivity index (χ0n) is 11.1. The number of hydrogen-bond acceptors (Lipinski definition) is 2. The quantitative estimate of drug-likeness (QED) is 0.766. The van der Waals surface area contributed by atoms with Crippen LogP contribution in [0.25, 0.3) is 0 Å². The maximum Gasteiger partial charge on any atom is 0.182 e. The maximum absolute atomic E-state index is 12.3. The molecule has 0 radical (unpaired) electrons. The molecule has 0 aliphatic carbocycles. The van der Waals surface area contributed by atoms with Gasteiger partial charge in [0.25, 0.3) is 0 Å². The molecule has 1 aromatic carbocycles. The molecule has 2 N–H and O–H groups in total. The molecule has 2 heteroatoms. The van der Waals surface area contributed by atoms with Crippen molar-refractivity contribution in [3.8, 4) is 0 Å². The second kappa shape index (κ2) is 5.97. The van der Waals surface area contributed by atoms with Crippen LogP contribution in [0.4, 0.5) is 0 Å². The van der Waals surface area contributed by atoms with Crippen LogP contribution in [0.1, 0.15) is 56.0 Å². The largest absolute Gasteiger partial charge is 0.319 e. The van der Waals surface area contributed by atoms with Crippen LogP contribution in [0, 0.1) is 0 Å². The summed E-state index contributed by atoms with van der Waals surface area (Å²) in [6, 6.07) is 7.85. The average Bonchev–Trinajstić information content (AvgIpc) is 2.29. The molecule has 0 saturated carbocycles. The number of carbonyl (C=O) groups excluding carboxylic acids is 1. The Morgan fingerprint density at radius 3 is 2.59 bits per heavy atom. The van der Waals surface area contributed by atoms with Gasteiger partial charge in [-0.1, -0.05) is 44.9 Å². The van der Waals surface area contributed by atoms with Crippen molar-refractivity contribution >= 4 is 5.78 Å². The average molecular weight is 233 g/mol. The minimum Gasteiger partial charge on any atom is -0.319 e. The van der Waals surface area contributed by atoms with Crippen molar-refractivity contribution in [2.24, 2.45) is 5.73 Å². The molecular weight excluding hydrogens is 210 g/mol. The summed E-state index contributed by atoms with van der Waals surface area (Å²) in [5.41, 5.74) is 7.30. The molecular formula is C15H23NO. The van der Waals surface area contributed by atoms with E-state index < -0.39 is 5.54 Å². The van der Waals surface area contributed by atoms with Gasteiger partial charge in [0.2, 0.25) is 0 Å². The van der Waals surface area contributed by atoms with Crippen LogP contribution in [0.2, 0.25) is 0 Å². The lowest BCUT2D eigenvalue weighted by Crippen LogP contribution is -2.44. The standard InChI is InChI=1S/C15H23NO/c1-4-7-12-8-6-9-13(11-12)14(17)15(3,16)10-5-2/h6,8-9,11H,4-5,7,10,16H2,1-3H3. The summed E-state index contributed by atoms with van der Waals surface area (Å²) in [4.78, 5) is 12.3. The summed E-state index contributed by atoms with van der Waals surface area (Å²) in [5.74, 6) is 0.0531. The van der Waals surface area contributed by atoms with E-state index in [-0.39, 0.29) is 5.78 Å². The molecule has 0 saturated heterocycles. The molecule has 1 atom stereocenters. The normalized spacial score (nSPS) is 14.4. The summed E-state index contributed by atoms with van der Waals surface area (Å²) >= 11 is 0. The highest BCUT2D eigenvalue weighted by Crippen LogP contribution is 2.17. The van der Waals surface area contributed by atoms with Crippen LogP contribution in [0.3, 0.4) is 0 Å². The SMILES string of the molecule is CCCc1cccc(C(=O)C(C)(N)CCC)c1. The molecule has 0 aromatic heterocycles. The van der Waals surface area contributed by atoms with Crippen molar-refractivity contribution in [2.45, 2.75) is 52.0 Å². The van der Waals surface area contributed by atoms with Gasteiger partial charge in [0.1, 0.15) is 0 Å². The van der Waals surface area contributed by atoms with Crippen LogP contribution in [0.5, 0.6) is 0 Å². The maximum atomic E-state index is 12.3. The highest BCUT2D eigenvalue weighted by atomic mass is 16.1. The number of carbonyl (C=O) groups is 1. The molecule has 1 aromatic rings. The Hall–Kier alpha value is -1.15. The van der Waals surface area contributed by atoms with E-state index in [2.05, 4.69) is 13.0 Å². The first-order valence-corrected chi connectivity index (χ1v) is 6.44. The van der Waals surface area contributed by atoms with Crippen molar-refractivity contribution < 1.29 is 4.79 Å². The fourth-order valence-electron chi connectivity index (χ4n) is 2.12. The number of aryl methyl sites for hydroxylation is 1. The van der Waals surface area contributed by atoms with Crippen molar-refractivity contribution in [3.05, 3.63) is 35.4 Å². The van der Waals surface area contributed by atoms with Gasteiger partial charge in [0, 0.05) is 5.56 Å². The van der Waals surface area contributed by atoms with Crippen molar-refractivity contribution in [3.63, 3.8) is 0 Å². The molecule has 17 heavy (non-hydrogen) atoms. The van der Waals surface area contributed by atoms with E-state index in [0.717, 1.165) is 31.2 Å². The number of ketones is 1. The number of nitrogens with two attached hydrogens (primary N) is 1. The van der Waals surface area contributed by atoms with Crippen molar-refractivity contribution in [2.75, 3.05) is 0 Å². The van der Waals surface area contributed by atoms with Gasteiger partial charge >= 0.3 is 0 Å². The van der Waals surface area contributed by atoms with Gasteiger partial charge in [-0.2, -0.15) is 0 Å². The Kier molecular flexibility index (Phi) is 4.88. The third kappa shape index (κ3) is 3.67. The summed E-state index contributed by atoms with van der Waals surface area (Å²) in [6.07, 6.45) is 3.75. The minimum absolute atomic E-state index is 0.0531. The third-order valence-electron chi connectivity index (χ3n) is 3.02. The first-order chi connectivity index (χ1) is 8.01. The summed E-state index contributed by atoms with van der Waals surface area (Å²) in [6.45, 7) is 6.01. The zero-order valence-corrected chi connectivity index (χ0v) is 11.1. The summed E-state index contributed by atoms with van der Waals surface area (Å²) < 4.78 is 0.